The lowest BCUT2D eigenvalue weighted by Gasteiger charge is -2.24. The molecule has 1 N–H and O–H groups in total. The van der Waals surface area contributed by atoms with Crippen molar-refractivity contribution in [2.45, 2.75) is 26.7 Å². The zero-order valence-corrected chi connectivity index (χ0v) is 18.7. The van der Waals surface area contributed by atoms with Crippen molar-refractivity contribution in [2.75, 3.05) is 7.05 Å². The second kappa shape index (κ2) is 11.6. The van der Waals surface area contributed by atoms with E-state index in [9.17, 15) is 14.0 Å². The van der Waals surface area contributed by atoms with Gasteiger partial charge in [0.25, 0.3) is 0 Å². The summed E-state index contributed by atoms with van der Waals surface area (Å²) in [6.45, 7) is 1.95. The number of halogens is 1. The number of guanidine groups is 1. The number of hydrogen-bond acceptors (Lipinski definition) is 3. The predicted octanol–water partition coefficient (Wildman–Crippen LogP) is 4.95. The molecule has 0 aromatic heterocycles. The monoisotopic (exact) mass is 446 g/mol. The van der Waals surface area contributed by atoms with Gasteiger partial charge in [-0.15, -0.1) is 0 Å². The smallest absolute Gasteiger partial charge is 0.323 e. The molecule has 6 nitrogen and oxygen atoms in total. The second-order valence-electron chi connectivity index (χ2n) is 7.73. The van der Waals surface area contributed by atoms with Crippen molar-refractivity contribution in [2.24, 2.45) is 4.99 Å². The fourth-order valence-electron chi connectivity index (χ4n) is 3.17. The summed E-state index contributed by atoms with van der Waals surface area (Å²) in [5.41, 5.74) is 3.84. The Balaban J connectivity index is 1.86. The minimum absolute atomic E-state index is 0.0616. The maximum absolute atomic E-state index is 13.1. The predicted molar refractivity (Wildman–Crippen MR) is 128 cm³/mol. The van der Waals surface area contributed by atoms with E-state index < -0.39 is 12.7 Å². The van der Waals surface area contributed by atoms with E-state index in [1.54, 1.807) is 31.3 Å². The van der Waals surface area contributed by atoms with E-state index in [1.807, 2.05) is 61.5 Å². The number of rotatable bonds is 7. The molecular weight excluding hydrogens is 419 g/mol. The quantitative estimate of drug-likeness (QED) is 0.317. The first kappa shape index (κ1) is 23.7. The number of carbonyl (C=O) groups excluding carboxylic acids is 2. The number of aryl methyl sites for hydroxylation is 1. The fourth-order valence-corrected chi connectivity index (χ4v) is 3.17. The molecule has 0 aliphatic carbocycles. The highest BCUT2D eigenvalue weighted by Crippen LogP contribution is 2.16. The summed E-state index contributed by atoms with van der Waals surface area (Å²) in [6.07, 6.45) is 0.620. The van der Waals surface area contributed by atoms with Gasteiger partial charge in [0.1, 0.15) is 6.67 Å². The van der Waals surface area contributed by atoms with Gasteiger partial charge in [0, 0.05) is 13.6 Å². The van der Waals surface area contributed by atoms with Crippen molar-refractivity contribution in [3.8, 4) is 0 Å². The molecule has 7 heteroatoms. The van der Waals surface area contributed by atoms with Crippen molar-refractivity contribution in [3.63, 3.8) is 0 Å². The summed E-state index contributed by atoms with van der Waals surface area (Å²) in [4.78, 5) is 32.2. The van der Waals surface area contributed by atoms with Gasteiger partial charge in [0.15, 0.2) is 0 Å². The summed E-state index contributed by atoms with van der Waals surface area (Å²) < 4.78 is 13.1. The van der Waals surface area contributed by atoms with E-state index in [4.69, 9.17) is 0 Å². The molecule has 0 atom stereocenters. The van der Waals surface area contributed by atoms with E-state index in [0.29, 0.717) is 24.2 Å². The van der Waals surface area contributed by atoms with Crippen LogP contribution in [-0.4, -0.2) is 35.2 Å². The highest BCUT2D eigenvalue weighted by atomic mass is 19.1. The molecule has 0 spiro atoms. The van der Waals surface area contributed by atoms with Crippen molar-refractivity contribution in [3.05, 3.63) is 101 Å². The molecule has 0 radical (unpaired) electrons. The second-order valence-corrected chi connectivity index (χ2v) is 7.73. The Labute approximate surface area is 193 Å². The molecule has 0 fully saturated rings. The molecule has 3 amide bonds. The number of nitrogens with one attached hydrogen (secondary N) is 1. The van der Waals surface area contributed by atoms with E-state index >= 15 is 0 Å². The number of urea groups is 1. The third-order valence-electron chi connectivity index (χ3n) is 5.00. The third kappa shape index (κ3) is 7.00. The zero-order chi connectivity index (χ0) is 23.6. The van der Waals surface area contributed by atoms with Crippen molar-refractivity contribution in [1.29, 1.82) is 0 Å². The third-order valence-corrected chi connectivity index (χ3v) is 5.00. The maximum Gasteiger partial charge on any atom is 0.324 e. The minimum Gasteiger partial charge on any atom is -0.323 e. The Hall–Kier alpha value is -4.00. The number of alkyl halides is 1. The highest BCUT2D eigenvalue weighted by Gasteiger charge is 2.18. The average molecular weight is 447 g/mol. The minimum atomic E-state index is -0.633. The first-order valence-electron chi connectivity index (χ1n) is 10.6. The van der Waals surface area contributed by atoms with Crippen LogP contribution in [0.15, 0.2) is 83.9 Å². The van der Waals surface area contributed by atoms with E-state index in [2.05, 4.69) is 10.3 Å². The van der Waals surface area contributed by atoms with E-state index in [0.717, 1.165) is 16.7 Å². The van der Waals surface area contributed by atoms with Crippen molar-refractivity contribution in [1.82, 2.24) is 15.1 Å². The lowest BCUT2D eigenvalue weighted by atomic mass is 10.1. The Morgan fingerprint density at radius 1 is 0.939 bits per heavy atom. The number of aliphatic imine (C=N–C) groups is 1. The van der Waals surface area contributed by atoms with Crippen LogP contribution < -0.4 is 5.32 Å². The van der Waals surface area contributed by atoms with Gasteiger partial charge in [-0.1, -0.05) is 72.3 Å². The van der Waals surface area contributed by atoms with Crippen LogP contribution in [0.3, 0.4) is 0 Å². The molecule has 3 rings (SSSR count). The molecule has 0 aliphatic rings. The molecule has 0 saturated carbocycles. The van der Waals surface area contributed by atoms with Crippen LogP contribution in [0.25, 0.3) is 0 Å². The van der Waals surface area contributed by atoms with Gasteiger partial charge < -0.3 is 4.90 Å². The first-order valence-corrected chi connectivity index (χ1v) is 10.6. The Morgan fingerprint density at radius 3 is 2.27 bits per heavy atom. The van der Waals surface area contributed by atoms with Crippen LogP contribution in [0.1, 0.15) is 22.3 Å². The van der Waals surface area contributed by atoms with Gasteiger partial charge in [0.05, 0.1) is 12.2 Å². The Kier molecular flexibility index (Phi) is 8.30. The average Bonchev–Trinajstić information content (AvgIpc) is 2.84. The number of carbonyl (C=O) groups is 2. The molecule has 0 bridgehead atoms. The van der Waals surface area contributed by atoms with Crippen molar-refractivity contribution >= 4 is 24.1 Å². The van der Waals surface area contributed by atoms with Crippen LogP contribution in [0.4, 0.5) is 14.9 Å². The molecule has 0 aliphatic heterocycles. The Bertz CT molecular complexity index is 1100. The lowest BCUT2D eigenvalue weighted by molar-refractivity contribution is -0.115. The van der Waals surface area contributed by atoms with Crippen LogP contribution in [0.5, 0.6) is 0 Å². The van der Waals surface area contributed by atoms with E-state index in [-0.39, 0.29) is 12.5 Å². The normalized spacial score (nSPS) is 11.1. The zero-order valence-electron chi connectivity index (χ0n) is 18.7. The fraction of sp³-hybridized carbons (Fsp3) is 0.192. The standard InChI is InChI=1S/C26H27FN4O2/c1-20-11-13-22(14-12-20)18-31(19-32)25(28-24-10-6-9-23(15-24)16-27)29-26(33)30(2)17-21-7-4-3-5-8-21/h3-15,19H,16-18H2,1-2H3,(H,28,29,33). The highest BCUT2D eigenvalue weighted by molar-refractivity contribution is 6.01. The number of hydrogen-bond donors (Lipinski definition) is 1. The maximum atomic E-state index is 13.1. The van der Waals surface area contributed by atoms with Gasteiger partial charge in [-0.2, -0.15) is 0 Å². The molecule has 0 heterocycles. The SMILES string of the molecule is Cc1ccc(CN(C=O)C(=Nc2cccc(CF)c2)NC(=O)N(C)Cc2ccccc2)cc1. The summed E-state index contributed by atoms with van der Waals surface area (Å²) in [5.74, 6) is 0.0616. The van der Waals surface area contributed by atoms with Crippen molar-refractivity contribution < 1.29 is 14.0 Å². The summed E-state index contributed by atoms with van der Waals surface area (Å²) in [6, 6.07) is 23.5. The molecule has 0 saturated heterocycles. The lowest BCUT2D eigenvalue weighted by Crippen LogP contribution is -2.47. The van der Waals surface area contributed by atoms with Gasteiger partial charge in [-0.3, -0.25) is 15.0 Å². The van der Waals surface area contributed by atoms with Crippen LogP contribution >= 0.6 is 0 Å². The topological polar surface area (TPSA) is 65.0 Å². The van der Waals surface area contributed by atoms with Crippen LogP contribution in [-0.2, 0) is 24.6 Å². The molecule has 0 unspecified atom stereocenters. The molecular formula is C26H27FN4O2. The van der Waals surface area contributed by atoms with Gasteiger partial charge in [0.2, 0.25) is 12.4 Å². The van der Waals surface area contributed by atoms with Gasteiger partial charge in [-0.25, -0.2) is 14.2 Å². The largest absolute Gasteiger partial charge is 0.324 e. The molecule has 3 aromatic carbocycles. The summed E-state index contributed by atoms with van der Waals surface area (Å²) in [7, 11) is 1.66. The molecule has 33 heavy (non-hydrogen) atoms. The van der Waals surface area contributed by atoms with Crippen LogP contribution in [0, 0.1) is 6.92 Å². The number of benzene rings is 3. The van der Waals surface area contributed by atoms with E-state index in [1.165, 1.54) is 9.80 Å². The van der Waals surface area contributed by atoms with Crippen LogP contribution in [0.2, 0.25) is 0 Å². The summed E-state index contributed by atoms with van der Waals surface area (Å²) >= 11 is 0. The number of nitrogens with zero attached hydrogens (tertiary/aromatic N) is 3. The van der Waals surface area contributed by atoms with Gasteiger partial charge >= 0.3 is 6.03 Å². The Morgan fingerprint density at radius 2 is 1.61 bits per heavy atom. The molecule has 3 aromatic rings. The summed E-state index contributed by atoms with van der Waals surface area (Å²) in [5, 5.41) is 2.74. The molecule has 170 valence electrons. The number of amides is 3. The first-order chi connectivity index (χ1) is 16.0. The van der Waals surface area contributed by atoms with Gasteiger partial charge in [-0.05, 0) is 35.7 Å².